The van der Waals surface area contributed by atoms with Crippen molar-refractivity contribution < 1.29 is 30.0 Å². The Morgan fingerprint density at radius 3 is 1.51 bits per heavy atom. The van der Waals surface area contributed by atoms with Crippen molar-refractivity contribution >= 4 is 66.4 Å². The van der Waals surface area contributed by atoms with Crippen molar-refractivity contribution in [3.63, 3.8) is 0 Å². The maximum atomic E-state index is 9.18. The molecular formula is C84H57N5O2. The molecule has 0 aliphatic carbocycles. The third-order valence-corrected chi connectivity index (χ3v) is 16.7. The highest BCUT2D eigenvalue weighted by atomic mass is 16.5. The first-order valence-corrected chi connectivity index (χ1v) is 29.6. The summed E-state index contributed by atoms with van der Waals surface area (Å²) in [5.74, 6) is 2.35. The summed E-state index contributed by atoms with van der Waals surface area (Å²) < 4.78 is 151. The second kappa shape index (κ2) is 22.5. The van der Waals surface area contributed by atoms with Crippen molar-refractivity contribution in [1.29, 1.82) is 0 Å². The lowest BCUT2D eigenvalue weighted by Gasteiger charge is -2.27. The van der Waals surface area contributed by atoms with Gasteiger partial charge in [0.2, 0.25) is 0 Å². The standard InChI is InChI=1S/C84H57N5O2/c1-6-24-57(25-7-1)62-44-47-78-75(50-62)72-46-45-66(90-65-35-22-34-63(51-65)86-56-87(80-43-21-20-42-79(80)86)83-68(58-26-8-2-9-27-58)38-23-39-69(83)59-28-10-3-11-29-59)54-81(72)89(78)82-55-67(48-49-85-82)91-84-73(60-30-12-4-13-31-60)52-64(53-74(84)61-32-14-5-15-33-61)88-76-40-18-16-36-70(76)71-37-17-19-41-77(71)88/h1-55H,56H2/i1D,2D,3D,6D,7D,8D,9D,10D,11D,24D,25D,26D,27D,28D,29D. The van der Waals surface area contributed by atoms with Crippen LogP contribution in [0.4, 0.5) is 22.7 Å². The van der Waals surface area contributed by atoms with Crippen LogP contribution < -0.4 is 19.3 Å². The molecule has 1 aliphatic heterocycles. The molecule has 0 spiro atoms. The molecule has 3 aromatic heterocycles. The fourth-order valence-corrected chi connectivity index (χ4v) is 12.8. The molecule has 1 aliphatic rings. The molecule has 0 atom stereocenters. The molecular weight excluding hydrogens is 1110 g/mol. The number of hydrogen-bond acceptors (Lipinski definition) is 5. The Morgan fingerprint density at radius 1 is 0.319 bits per heavy atom. The summed E-state index contributed by atoms with van der Waals surface area (Å²) in [7, 11) is 0. The number of rotatable bonds is 13. The number of anilines is 4. The second-order valence-corrected chi connectivity index (χ2v) is 22.0. The predicted molar refractivity (Wildman–Crippen MR) is 375 cm³/mol. The minimum atomic E-state index is -0.591. The van der Waals surface area contributed by atoms with Gasteiger partial charge in [-0.05, 0) is 112 Å². The van der Waals surface area contributed by atoms with Gasteiger partial charge in [-0.2, -0.15) is 0 Å². The van der Waals surface area contributed by atoms with Crippen molar-refractivity contribution in [2.24, 2.45) is 0 Å². The molecule has 4 heterocycles. The Kier molecular flexibility index (Phi) is 9.79. The van der Waals surface area contributed by atoms with Gasteiger partial charge in [-0.1, -0.05) is 230 Å². The molecule has 0 fully saturated rings. The summed E-state index contributed by atoms with van der Waals surface area (Å²) in [5.41, 5.74) is 10.5. The molecule has 17 rings (SSSR count). The van der Waals surface area contributed by atoms with E-state index in [4.69, 9.17) is 29.5 Å². The number of para-hydroxylation sites is 5. The molecule has 0 bridgehead atoms. The molecule has 7 heteroatoms. The van der Waals surface area contributed by atoms with Gasteiger partial charge in [0, 0.05) is 79.6 Å². The molecule has 430 valence electrons. The number of fused-ring (bicyclic) bond motifs is 7. The zero-order chi connectivity index (χ0) is 73.2. The van der Waals surface area contributed by atoms with E-state index in [2.05, 4.69) is 89.5 Å². The maximum Gasteiger partial charge on any atom is 0.143 e. The summed E-state index contributed by atoms with van der Waals surface area (Å²) in [6.45, 7) is 0.0198. The first kappa shape index (κ1) is 39.6. The third kappa shape index (κ3) is 9.51. The Morgan fingerprint density at radius 2 is 0.857 bits per heavy atom. The van der Waals surface area contributed by atoms with Crippen LogP contribution in [0.3, 0.4) is 0 Å². The minimum Gasteiger partial charge on any atom is -0.457 e. The van der Waals surface area contributed by atoms with E-state index in [1.807, 2.05) is 142 Å². The lowest BCUT2D eigenvalue weighted by molar-refractivity contribution is 0.483. The van der Waals surface area contributed by atoms with Gasteiger partial charge < -0.3 is 23.8 Å². The number of nitrogens with zero attached hydrogens (tertiary/aromatic N) is 5. The Labute approximate surface area is 548 Å². The fraction of sp³-hybridized carbons (Fsp3) is 0.0119. The summed E-state index contributed by atoms with van der Waals surface area (Å²) >= 11 is 0. The van der Waals surface area contributed by atoms with E-state index in [0.717, 1.165) is 55.1 Å². The van der Waals surface area contributed by atoms with Crippen molar-refractivity contribution in [2.45, 2.75) is 0 Å². The van der Waals surface area contributed by atoms with Crippen molar-refractivity contribution in [1.82, 2.24) is 14.1 Å². The van der Waals surface area contributed by atoms with E-state index < -0.39 is 78.6 Å². The Hall–Kier alpha value is -12.2. The first-order chi connectivity index (χ1) is 51.3. The fourth-order valence-electron chi connectivity index (χ4n) is 12.8. The Balaban J connectivity index is 0.792. The van der Waals surface area contributed by atoms with Gasteiger partial charge in [0.1, 0.15) is 35.5 Å². The van der Waals surface area contributed by atoms with Crippen LogP contribution in [-0.2, 0) is 0 Å². The van der Waals surface area contributed by atoms with Gasteiger partial charge in [0.15, 0.2) is 0 Å². The van der Waals surface area contributed by atoms with Crippen LogP contribution in [0.2, 0.25) is 0 Å². The van der Waals surface area contributed by atoms with Crippen molar-refractivity contribution in [3.8, 4) is 90.1 Å². The van der Waals surface area contributed by atoms with Gasteiger partial charge in [-0.25, -0.2) is 4.98 Å². The minimum absolute atomic E-state index is 0.0198. The van der Waals surface area contributed by atoms with Crippen LogP contribution in [0.5, 0.6) is 23.0 Å². The first-order valence-electron chi connectivity index (χ1n) is 37.1. The highest BCUT2D eigenvalue weighted by molar-refractivity contribution is 6.12. The quantitative estimate of drug-likeness (QED) is 0.115. The highest BCUT2D eigenvalue weighted by Crippen LogP contribution is 2.51. The average Bonchev–Trinajstić information content (AvgIpc) is 1.67. The molecule has 0 N–H and O–H groups in total. The van der Waals surface area contributed by atoms with E-state index in [-0.39, 0.29) is 52.3 Å². The molecule has 0 amide bonds. The number of hydrogen-bond donors (Lipinski definition) is 0. The lowest BCUT2D eigenvalue weighted by atomic mass is 9.95. The van der Waals surface area contributed by atoms with Gasteiger partial charge in [-0.15, -0.1) is 0 Å². The normalized spacial score (nSPS) is 14.4. The molecule has 0 saturated carbocycles. The Bertz CT molecular complexity index is 6080. The summed E-state index contributed by atoms with van der Waals surface area (Å²) in [6.07, 6.45) is 1.69. The maximum absolute atomic E-state index is 9.18. The van der Waals surface area contributed by atoms with E-state index in [1.165, 1.54) is 0 Å². The molecule has 0 saturated heterocycles. The van der Waals surface area contributed by atoms with Crippen LogP contribution >= 0.6 is 0 Å². The number of pyridine rings is 1. The predicted octanol–water partition coefficient (Wildman–Crippen LogP) is 22.4. The van der Waals surface area contributed by atoms with E-state index in [9.17, 15) is 5.48 Å². The van der Waals surface area contributed by atoms with Gasteiger partial charge in [0.05, 0.1) is 59.7 Å². The SMILES string of the molecule is [2H]c1c([2H])c([2H])c(-c2ccc3c(c2)c2ccc(Oc4cccc(N5CN(c6c(-c7c([2H])c([2H])c([2H])c([2H])c7[2H])cccc6-c6c([2H])c([2H])c([2H])c([2H])c6[2H])c6ccccc65)c4)cc2n3-c2cc(Oc3c(-c4ccccc4)cc(-n4c5ccccc5c5ccccc54)cc3-c3ccccc3)ccn2)c([2H])c1[2H]. The molecule has 13 aromatic carbocycles. The van der Waals surface area contributed by atoms with Crippen molar-refractivity contribution in [3.05, 3.63) is 333 Å². The number of aromatic nitrogens is 3. The summed E-state index contributed by atoms with van der Waals surface area (Å²) in [4.78, 5) is 8.89. The van der Waals surface area contributed by atoms with Crippen molar-refractivity contribution in [2.75, 3.05) is 16.5 Å². The van der Waals surface area contributed by atoms with Gasteiger partial charge in [-0.3, -0.25) is 4.57 Å². The average molecular weight is 1180 g/mol. The molecule has 91 heavy (non-hydrogen) atoms. The van der Waals surface area contributed by atoms with Crippen LogP contribution in [-0.4, -0.2) is 20.8 Å². The van der Waals surface area contributed by atoms with Gasteiger partial charge in [0.25, 0.3) is 0 Å². The smallest absolute Gasteiger partial charge is 0.143 e. The van der Waals surface area contributed by atoms with E-state index >= 15 is 0 Å². The molecule has 7 nitrogen and oxygen atoms in total. The largest absolute Gasteiger partial charge is 0.457 e. The summed E-state index contributed by atoms with van der Waals surface area (Å²) in [5, 5.41) is 3.66. The van der Waals surface area contributed by atoms with Crippen LogP contribution in [0.1, 0.15) is 20.6 Å². The molecule has 0 radical (unpaired) electrons. The zero-order valence-corrected chi connectivity index (χ0v) is 48.4. The zero-order valence-electron chi connectivity index (χ0n) is 63.4. The van der Waals surface area contributed by atoms with Crippen LogP contribution in [0.25, 0.3) is 111 Å². The lowest BCUT2D eigenvalue weighted by Crippen LogP contribution is -2.24. The number of benzene rings is 13. The number of ether oxygens (including phenoxy) is 2. The molecule has 0 unspecified atom stereocenters. The highest BCUT2D eigenvalue weighted by Gasteiger charge is 2.32. The summed E-state index contributed by atoms with van der Waals surface area (Å²) in [6, 6.07) is 68.4. The van der Waals surface area contributed by atoms with Crippen LogP contribution in [0.15, 0.2) is 333 Å². The van der Waals surface area contributed by atoms with Crippen LogP contribution in [0, 0.1) is 0 Å². The van der Waals surface area contributed by atoms with E-state index in [0.29, 0.717) is 67.9 Å². The molecule has 16 aromatic rings. The monoisotopic (exact) mass is 1180 g/mol. The topological polar surface area (TPSA) is 47.7 Å². The second-order valence-electron chi connectivity index (χ2n) is 22.0. The van der Waals surface area contributed by atoms with E-state index in [1.54, 1.807) is 30.5 Å². The van der Waals surface area contributed by atoms with Gasteiger partial charge >= 0.3 is 0 Å². The third-order valence-electron chi connectivity index (χ3n) is 16.7.